The predicted octanol–water partition coefficient (Wildman–Crippen LogP) is 4.68. The van der Waals surface area contributed by atoms with Gasteiger partial charge in [0.1, 0.15) is 19.3 Å². The summed E-state index contributed by atoms with van der Waals surface area (Å²) in [6, 6.07) is 0. The fourth-order valence-corrected chi connectivity index (χ4v) is 3.39. The smallest absolute Gasteiger partial charge is 0.388 e. The van der Waals surface area contributed by atoms with Crippen molar-refractivity contribution in [2.75, 3.05) is 54.1 Å². The molecule has 0 aliphatic carbocycles. The number of likely N-dealkylation sites (N-methyl/N-ethyl adjacent to an activating group) is 1. The number of allylic oxidation sites excluding steroid dienone is 2. The Bertz CT molecular complexity index is 467. The van der Waals surface area contributed by atoms with E-state index < -0.39 is 13.9 Å². The van der Waals surface area contributed by atoms with Gasteiger partial charge >= 0.3 is 7.82 Å². The second-order valence-electron chi connectivity index (χ2n) is 8.86. The fourth-order valence-electron chi connectivity index (χ4n) is 2.65. The van der Waals surface area contributed by atoms with Gasteiger partial charge in [0.15, 0.2) is 0 Å². The van der Waals surface area contributed by atoms with Crippen molar-refractivity contribution in [3.63, 3.8) is 0 Å². The summed E-state index contributed by atoms with van der Waals surface area (Å²) in [5.74, 6) is 0. The Kier molecular flexibility index (Phi) is 18.2. The minimum absolute atomic E-state index is 0.0866. The van der Waals surface area contributed by atoms with Crippen LogP contribution < -0.4 is 0 Å². The van der Waals surface area contributed by atoms with Crippen LogP contribution in [0.3, 0.4) is 0 Å². The first-order valence-electron chi connectivity index (χ1n) is 11.5. The molecule has 0 bridgehead atoms. The molecule has 30 heavy (non-hydrogen) atoms. The Labute approximate surface area is 184 Å². The zero-order valence-electron chi connectivity index (χ0n) is 19.8. The summed E-state index contributed by atoms with van der Waals surface area (Å²) in [5.41, 5.74) is 0. The first-order chi connectivity index (χ1) is 14.2. The Morgan fingerprint density at radius 2 is 1.47 bits per heavy atom. The van der Waals surface area contributed by atoms with Crippen LogP contribution in [0, 0.1) is 0 Å². The molecule has 0 aromatic rings. The Hall–Kier alpha value is -0.270. The average Bonchev–Trinajstić information content (AvgIpc) is 2.65. The maximum atomic E-state index is 11.8. The summed E-state index contributed by atoms with van der Waals surface area (Å²) in [5, 5.41) is 9.81. The van der Waals surface area contributed by atoms with Crippen LogP contribution in [0.1, 0.15) is 71.1 Å². The van der Waals surface area contributed by atoms with Gasteiger partial charge in [-0.1, -0.05) is 57.6 Å². The number of ether oxygens (including phenoxy) is 1. The van der Waals surface area contributed by atoms with Gasteiger partial charge in [-0.2, -0.15) is 0 Å². The molecule has 0 radical (unpaired) electrons. The van der Waals surface area contributed by atoms with Crippen LogP contribution >= 0.6 is 7.82 Å². The summed E-state index contributed by atoms with van der Waals surface area (Å²) in [6.45, 7) is 3.29. The summed E-state index contributed by atoms with van der Waals surface area (Å²) in [4.78, 5) is 9.60. The monoisotopic (exact) mass is 452 g/mol. The number of phosphoric acid groups is 1. The van der Waals surface area contributed by atoms with Crippen LogP contribution in [0.25, 0.3) is 0 Å². The highest BCUT2D eigenvalue weighted by molar-refractivity contribution is 7.47. The van der Waals surface area contributed by atoms with E-state index in [1.165, 1.54) is 51.4 Å². The lowest BCUT2D eigenvalue weighted by molar-refractivity contribution is -0.870. The molecule has 2 unspecified atom stereocenters. The molecule has 0 heterocycles. The van der Waals surface area contributed by atoms with Gasteiger partial charge in [-0.25, -0.2) is 4.57 Å². The molecule has 0 fully saturated rings. The van der Waals surface area contributed by atoms with E-state index in [-0.39, 0.29) is 19.8 Å². The van der Waals surface area contributed by atoms with E-state index in [1.54, 1.807) is 0 Å². The molecule has 2 atom stereocenters. The normalized spacial score (nSPS) is 15.5. The van der Waals surface area contributed by atoms with E-state index in [9.17, 15) is 14.6 Å². The molecule has 0 rings (SSSR count). The van der Waals surface area contributed by atoms with Crippen molar-refractivity contribution >= 4 is 7.82 Å². The number of unbranched alkanes of at least 4 members (excludes halogenated alkanes) is 8. The molecule has 0 aromatic heterocycles. The van der Waals surface area contributed by atoms with Crippen molar-refractivity contribution in [1.82, 2.24) is 0 Å². The maximum Gasteiger partial charge on any atom is 0.472 e. The molecule has 0 saturated heterocycles. The fraction of sp³-hybridized carbons (Fsp3) is 0.909. The molecule has 0 aromatic carbocycles. The van der Waals surface area contributed by atoms with Crippen LogP contribution in [0.2, 0.25) is 0 Å². The third-order valence-corrected chi connectivity index (χ3v) is 5.54. The number of hydrogen-bond acceptors (Lipinski definition) is 5. The maximum absolute atomic E-state index is 11.8. The minimum atomic E-state index is -4.14. The van der Waals surface area contributed by atoms with E-state index in [4.69, 9.17) is 13.8 Å². The van der Waals surface area contributed by atoms with Crippen molar-refractivity contribution < 1.29 is 32.8 Å². The highest BCUT2D eigenvalue weighted by atomic mass is 31.2. The van der Waals surface area contributed by atoms with Crippen molar-refractivity contribution in [3.8, 4) is 0 Å². The summed E-state index contributed by atoms with van der Waals surface area (Å²) in [7, 11) is 1.74. The summed E-state index contributed by atoms with van der Waals surface area (Å²) >= 11 is 0. The molecule has 0 aliphatic heterocycles. The van der Waals surface area contributed by atoms with E-state index in [0.29, 0.717) is 17.6 Å². The molecule has 180 valence electrons. The van der Waals surface area contributed by atoms with Gasteiger partial charge in [-0.3, -0.25) is 9.05 Å². The number of aliphatic hydroxyl groups is 1. The number of nitrogens with zero attached hydrogens (tertiary/aromatic N) is 1. The van der Waals surface area contributed by atoms with E-state index in [1.807, 2.05) is 21.1 Å². The minimum Gasteiger partial charge on any atom is -0.388 e. The Morgan fingerprint density at radius 3 is 2.10 bits per heavy atom. The lowest BCUT2D eigenvalue weighted by atomic mass is 10.1. The van der Waals surface area contributed by atoms with E-state index in [0.717, 1.165) is 12.8 Å². The predicted molar refractivity (Wildman–Crippen MR) is 122 cm³/mol. The van der Waals surface area contributed by atoms with Crippen LogP contribution in [0.4, 0.5) is 0 Å². The van der Waals surface area contributed by atoms with Gasteiger partial charge in [0, 0.05) is 6.61 Å². The molecule has 0 amide bonds. The van der Waals surface area contributed by atoms with Gasteiger partial charge in [-0.15, -0.1) is 0 Å². The first-order valence-corrected chi connectivity index (χ1v) is 13.0. The lowest BCUT2D eigenvalue weighted by Gasteiger charge is -2.24. The number of rotatable bonds is 21. The molecular weight excluding hydrogens is 405 g/mol. The van der Waals surface area contributed by atoms with Gasteiger partial charge in [-0.05, 0) is 25.7 Å². The second kappa shape index (κ2) is 18.3. The van der Waals surface area contributed by atoms with Gasteiger partial charge < -0.3 is 19.2 Å². The second-order valence-corrected chi connectivity index (χ2v) is 10.3. The van der Waals surface area contributed by atoms with Gasteiger partial charge in [0.2, 0.25) is 0 Å². The largest absolute Gasteiger partial charge is 0.472 e. The first kappa shape index (κ1) is 29.7. The number of quaternary nitrogens is 1. The Balaban J connectivity index is 3.49. The SMILES string of the molecule is CCCC/C=C\CCCCCCCCOCC(O)COP(=O)(O)OCC[N+](C)(C)C. The highest BCUT2D eigenvalue weighted by Crippen LogP contribution is 2.43. The van der Waals surface area contributed by atoms with Crippen molar-refractivity contribution in [1.29, 1.82) is 0 Å². The molecule has 0 spiro atoms. The zero-order valence-corrected chi connectivity index (χ0v) is 20.7. The molecular formula is C22H47NO6P+. The van der Waals surface area contributed by atoms with Crippen molar-refractivity contribution in [2.45, 2.75) is 77.2 Å². The van der Waals surface area contributed by atoms with Crippen LogP contribution in [0.15, 0.2) is 12.2 Å². The van der Waals surface area contributed by atoms with E-state index >= 15 is 0 Å². The van der Waals surface area contributed by atoms with Crippen LogP contribution in [0.5, 0.6) is 0 Å². The highest BCUT2D eigenvalue weighted by Gasteiger charge is 2.24. The molecule has 2 N–H and O–H groups in total. The average molecular weight is 453 g/mol. The van der Waals surface area contributed by atoms with Crippen LogP contribution in [-0.2, 0) is 18.3 Å². The van der Waals surface area contributed by atoms with Crippen molar-refractivity contribution in [3.05, 3.63) is 12.2 Å². The third kappa shape index (κ3) is 22.4. The summed E-state index contributed by atoms with van der Waals surface area (Å²) < 4.78 is 27.5. The van der Waals surface area contributed by atoms with Gasteiger partial charge in [0.05, 0.1) is 34.4 Å². The number of hydrogen-bond donors (Lipinski definition) is 2. The van der Waals surface area contributed by atoms with Crippen LogP contribution in [-0.4, -0.2) is 74.7 Å². The molecule has 8 heteroatoms. The number of aliphatic hydroxyl groups excluding tert-OH is 1. The molecule has 0 aliphatic rings. The molecule has 0 saturated carbocycles. The third-order valence-electron chi connectivity index (χ3n) is 4.56. The standard InChI is InChI=1S/C22H46NO6P/c1-5-6-7-8-9-10-11-12-13-14-15-16-18-27-20-22(24)21-29-30(25,26)28-19-17-23(2,3)4/h8-9,22,24H,5-7,10-21H2,1-4H3/p+1/b9-8-. The van der Waals surface area contributed by atoms with Gasteiger partial charge in [0.25, 0.3) is 0 Å². The molecule has 7 nitrogen and oxygen atoms in total. The van der Waals surface area contributed by atoms with Crippen molar-refractivity contribution in [2.24, 2.45) is 0 Å². The summed E-state index contributed by atoms with van der Waals surface area (Å²) in [6.07, 6.45) is 15.7. The zero-order chi connectivity index (χ0) is 22.7. The lowest BCUT2D eigenvalue weighted by Crippen LogP contribution is -2.37. The number of phosphoric ester groups is 1. The Morgan fingerprint density at radius 1 is 0.867 bits per heavy atom. The van der Waals surface area contributed by atoms with E-state index in [2.05, 4.69) is 19.1 Å². The quantitative estimate of drug-likeness (QED) is 0.114. The topological polar surface area (TPSA) is 85.2 Å².